The average Bonchev–Trinajstić information content (AvgIpc) is 2.75. The van der Waals surface area contributed by atoms with Gasteiger partial charge in [0.1, 0.15) is 17.3 Å². The maximum atomic E-state index is 13.1. The maximum Gasteiger partial charge on any atom is 0.267 e. The van der Waals surface area contributed by atoms with Gasteiger partial charge >= 0.3 is 0 Å². The summed E-state index contributed by atoms with van der Waals surface area (Å²) < 4.78 is 18.8. The van der Waals surface area contributed by atoms with Gasteiger partial charge in [-0.25, -0.2) is 9.87 Å². The van der Waals surface area contributed by atoms with E-state index in [-0.39, 0.29) is 11.3 Å². The van der Waals surface area contributed by atoms with Crippen molar-refractivity contribution in [2.24, 2.45) is 0 Å². The molecule has 0 unspecified atom stereocenters. The summed E-state index contributed by atoms with van der Waals surface area (Å²) in [6.07, 6.45) is 2.52. The molecule has 0 fully saturated rings. The lowest BCUT2D eigenvalue weighted by Gasteiger charge is -2.13. The largest absolute Gasteiger partial charge is 0.457 e. The molecular formula is C22H16ClFN2O4. The predicted octanol–water partition coefficient (Wildman–Crippen LogP) is 5.04. The van der Waals surface area contributed by atoms with Crippen molar-refractivity contribution in [3.8, 4) is 11.5 Å². The zero-order valence-corrected chi connectivity index (χ0v) is 16.2. The molecule has 3 N–H and O–H groups in total. The van der Waals surface area contributed by atoms with E-state index < -0.39 is 17.6 Å². The van der Waals surface area contributed by atoms with Crippen molar-refractivity contribution in [3.63, 3.8) is 0 Å². The van der Waals surface area contributed by atoms with Gasteiger partial charge in [0.25, 0.3) is 11.8 Å². The molecule has 8 heteroatoms. The molecule has 0 radical (unpaired) electrons. The Bertz CT molecular complexity index is 1100. The van der Waals surface area contributed by atoms with Crippen molar-refractivity contribution in [3.05, 3.63) is 94.8 Å². The summed E-state index contributed by atoms with van der Waals surface area (Å²) in [5.41, 5.74) is 2.57. The molecule has 0 bridgehead atoms. The number of carbonyl (C=O) groups is 2. The van der Waals surface area contributed by atoms with Gasteiger partial charge in [-0.1, -0.05) is 29.8 Å². The lowest BCUT2D eigenvalue weighted by Crippen LogP contribution is -2.15. The third-order valence-corrected chi connectivity index (χ3v) is 4.20. The molecular weight excluding hydrogens is 411 g/mol. The fourth-order valence-electron chi connectivity index (χ4n) is 2.55. The van der Waals surface area contributed by atoms with Crippen LogP contribution in [0.3, 0.4) is 0 Å². The van der Waals surface area contributed by atoms with Crippen molar-refractivity contribution in [2.75, 3.05) is 5.32 Å². The molecule has 0 saturated heterocycles. The van der Waals surface area contributed by atoms with E-state index >= 15 is 0 Å². The monoisotopic (exact) mass is 426 g/mol. The van der Waals surface area contributed by atoms with Crippen LogP contribution in [-0.2, 0) is 4.79 Å². The Morgan fingerprint density at radius 2 is 1.77 bits per heavy atom. The number of carbonyl (C=O) groups excluding carboxylic acids is 2. The minimum atomic E-state index is -0.722. The molecule has 0 spiro atoms. The highest BCUT2D eigenvalue weighted by Crippen LogP contribution is 2.28. The van der Waals surface area contributed by atoms with Crippen LogP contribution in [0.15, 0.2) is 72.8 Å². The number of hydrogen-bond donors (Lipinski definition) is 3. The van der Waals surface area contributed by atoms with E-state index in [1.54, 1.807) is 36.4 Å². The number of anilines is 1. The molecule has 0 atom stereocenters. The van der Waals surface area contributed by atoms with Gasteiger partial charge < -0.3 is 10.1 Å². The first-order valence-electron chi connectivity index (χ1n) is 8.72. The Balaban J connectivity index is 1.86. The van der Waals surface area contributed by atoms with Gasteiger partial charge in [0.15, 0.2) is 0 Å². The second kappa shape index (κ2) is 9.69. The number of ether oxygens (including phenoxy) is 1. The minimum absolute atomic E-state index is 0.241. The lowest BCUT2D eigenvalue weighted by atomic mass is 10.1. The highest BCUT2D eigenvalue weighted by atomic mass is 35.5. The van der Waals surface area contributed by atoms with E-state index in [2.05, 4.69) is 5.32 Å². The van der Waals surface area contributed by atoms with Crippen LogP contribution >= 0.6 is 11.6 Å². The normalized spacial score (nSPS) is 10.6. The first-order chi connectivity index (χ1) is 14.5. The van der Waals surface area contributed by atoms with Crippen LogP contribution in [0.4, 0.5) is 10.1 Å². The fraction of sp³-hybridized carbons (Fsp3) is 0. The zero-order chi connectivity index (χ0) is 21.5. The topological polar surface area (TPSA) is 87.7 Å². The van der Waals surface area contributed by atoms with Crippen LogP contribution < -0.4 is 15.5 Å². The first-order valence-corrected chi connectivity index (χ1v) is 9.09. The number of benzene rings is 3. The van der Waals surface area contributed by atoms with Crippen LogP contribution in [0.25, 0.3) is 6.08 Å². The Morgan fingerprint density at radius 3 is 2.50 bits per heavy atom. The van der Waals surface area contributed by atoms with Crippen molar-refractivity contribution < 1.29 is 23.9 Å². The number of rotatable bonds is 6. The van der Waals surface area contributed by atoms with Crippen LogP contribution in [0.1, 0.15) is 15.9 Å². The zero-order valence-electron chi connectivity index (χ0n) is 15.4. The first kappa shape index (κ1) is 21.0. The summed E-state index contributed by atoms with van der Waals surface area (Å²) in [5.74, 6) is -0.945. The maximum absolute atomic E-state index is 13.1. The molecule has 2 amide bonds. The second-order valence-corrected chi connectivity index (χ2v) is 6.48. The van der Waals surface area contributed by atoms with Gasteiger partial charge in [-0.05, 0) is 60.2 Å². The third-order valence-electron chi connectivity index (χ3n) is 3.96. The minimum Gasteiger partial charge on any atom is -0.457 e. The number of hydrogen-bond acceptors (Lipinski definition) is 4. The molecule has 0 aliphatic rings. The van der Waals surface area contributed by atoms with E-state index in [4.69, 9.17) is 21.5 Å². The summed E-state index contributed by atoms with van der Waals surface area (Å²) in [6.45, 7) is 0. The summed E-state index contributed by atoms with van der Waals surface area (Å²) in [4.78, 5) is 24.1. The molecule has 152 valence electrons. The second-order valence-electron chi connectivity index (χ2n) is 6.05. The van der Waals surface area contributed by atoms with Gasteiger partial charge in [0, 0.05) is 16.8 Å². The summed E-state index contributed by atoms with van der Waals surface area (Å²) in [5, 5.41) is 11.7. The van der Waals surface area contributed by atoms with Crippen molar-refractivity contribution in [1.82, 2.24) is 5.48 Å². The number of hydroxylamine groups is 1. The fourth-order valence-corrected chi connectivity index (χ4v) is 2.72. The Hall–Kier alpha value is -3.68. The molecule has 30 heavy (non-hydrogen) atoms. The van der Waals surface area contributed by atoms with E-state index in [0.29, 0.717) is 22.0 Å². The van der Waals surface area contributed by atoms with Gasteiger partial charge in [-0.2, -0.15) is 0 Å². The van der Waals surface area contributed by atoms with Crippen LogP contribution in [0.5, 0.6) is 11.5 Å². The molecule has 6 nitrogen and oxygen atoms in total. The van der Waals surface area contributed by atoms with Crippen molar-refractivity contribution in [2.45, 2.75) is 0 Å². The Labute approximate surface area is 176 Å². The molecule has 3 aromatic carbocycles. The molecule has 0 aromatic heterocycles. The Kier molecular flexibility index (Phi) is 6.79. The number of amides is 2. The predicted molar refractivity (Wildman–Crippen MR) is 111 cm³/mol. The molecule has 0 aliphatic carbocycles. The number of para-hydroxylation sites is 1. The Morgan fingerprint density at radius 1 is 1.03 bits per heavy atom. The van der Waals surface area contributed by atoms with E-state index in [9.17, 15) is 14.0 Å². The van der Waals surface area contributed by atoms with E-state index in [1.807, 2.05) is 0 Å². The summed E-state index contributed by atoms with van der Waals surface area (Å²) in [7, 11) is 0. The molecule has 3 aromatic rings. The van der Waals surface area contributed by atoms with Crippen LogP contribution in [0, 0.1) is 5.82 Å². The molecule has 0 heterocycles. The summed E-state index contributed by atoms with van der Waals surface area (Å²) >= 11 is 6.04. The lowest BCUT2D eigenvalue weighted by molar-refractivity contribution is -0.124. The summed E-state index contributed by atoms with van der Waals surface area (Å²) in [6, 6.07) is 16.7. The van der Waals surface area contributed by atoms with Gasteiger partial charge in [-0.15, -0.1) is 0 Å². The van der Waals surface area contributed by atoms with Gasteiger partial charge in [-0.3, -0.25) is 14.8 Å². The van der Waals surface area contributed by atoms with Crippen LogP contribution in [0.2, 0.25) is 5.02 Å². The standard InChI is InChI=1S/C22H16ClFN2O4/c23-15-7-5-14(6-12-21(27)26-29)19(13-15)25-22(28)18-3-1-2-4-20(18)30-17-10-8-16(24)9-11-17/h1-13,29H,(H,25,28)(H,26,27). The van der Waals surface area contributed by atoms with E-state index in [1.165, 1.54) is 41.9 Å². The van der Waals surface area contributed by atoms with Gasteiger partial charge in [0.05, 0.1) is 5.56 Å². The SMILES string of the molecule is O=C(C=Cc1ccc(Cl)cc1NC(=O)c1ccccc1Oc1ccc(F)cc1)NO. The van der Waals surface area contributed by atoms with Crippen molar-refractivity contribution in [1.29, 1.82) is 0 Å². The molecule has 3 rings (SSSR count). The van der Waals surface area contributed by atoms with Crippen molar-refractivity contribution >= 4 is 35.2 Å². The highest BCUT2D eigenvalue weighted by molar-refractivity contribution is 6.31. The van der Waals surface area contributed by atoms with E-state index in [0.717, 1.165) is 6.08 Å². The number of nitrogens with one attached hydrogen (secondary N) is 2. The van der Waals surface area contributed by atoms with Crippen LogP contribution in [-0.4, -0.2) is 17.0 Å². The quantitative estimate of drug-likeness (QED) is 0.292. The molecule has 0 saturated carbocycles. The third kappa shape index (κ3) is 5.44. The smallest absolute Gasteiger partial charge is 0.267 e. The highest BCUT2D eigenvalue weighted by Gasteiger charge is 2.15. The average molecular weight is 427 g/mol. The molecule has 0 aliphatic heterocycles. The number of halogens is 2. The van der Waals surface area contributed by atoms with Gasteiger partial charge in [0.2, 0.25) is 0 Å².